The number of ether oxygens (including phenoxy) is 1. The van der Waals surface area contributed by atoms with Gasteiger partial charge in [0, 0.05) is 18.0 Å². The van der Waals surface area contributed by atoms with E-state index in [9.17, 15) is 4.39 Å². The third-order valence-electron chi connectivity index (χ3n) is 3.97. The minimum atomic E-state index is -0.172. The second-order valence-electron chi connectivity index (χ2n) is 5.65. The minimum absolute atomic E-state index is 0.172. The van der Waals surface area contributed by atoms with Crippen LogP contribution in [0.4, 0.5) is 4.39 Å². The molecule has 0 radical (unpaired) electrons. The molecule has 0 saturated heterocycles. The summed E-state index contributed by atoms with van der Waals surface area (Å²) in [5.41, 5.74) is 1.01. The normalized spacial score (nSPS) is 20.7. The maximum Gasteiger partial charge on any atom is 0.123 e. The summed E-state index contributed by atoms with van der Waals surface area (Å²) in [6, 6.07) is 5.30. The van der Waals surface area contributed by atoms with Gasteiger partial charge in [0.25, 0.3) is 0 Å². The van der Waals surface area contributed by atoms with Crippen molar-refractivity contribution in [2.45, 2.75) is 52.2 Å². The Hall–Kier alpha value is -1.09. The lowest BCUT2D eigenvalue weighted by atomic mass is 9.94. The van der Waals surface area contributed by atoms with Crippen molar-refractivity contribution in [3.63, 3.8) is 0 Å². The maximum atomic E-state index is 13.2. The van der Waals surface area contributed by atoms with Crippen molar-refractivity contribution in [1.29, 1.82) is 0 Å². The van der Waals surface area contributed by atoms with Gasteiger partial charge in [-0.25, -0.2) is 4.39 Å². The van der Waals surface area contributed by atoms with Gasteiger partial charge >= 0.3 is 0 Å². The second kappa shape index (κ2) is 6.38. The molecule has 3 atom stereocenters. The molecule has 2 nitrogen and oxygen atoms in total. The first kappa shape index (κ1) is 14.3. The summed E-state index contributed by atoms with van der Waals surface area (Å²) >= 11 is 0. The lowest BCUT2D eigenvalue weighted by molar-refractivity contribution is 0.184. The molecule has 1 N–H and O–H groups in total. The van der Waals surface area contributed by atoms with Crippen LogP contribution in [-0.4, -0.2) is 18.7 Å². The molecule has 0 spiro atoms. The minimum Gasteiger partial charge on any atom is -0.490 e. The third-order valence-corrected chi connectivity index (χ3v) is 3.97. The average molecular weight is 265 g/mol. The van der Waals surface area contributed by atoms with Gasteiger partial charge in [-0.2, -0.15) is 0 Å². The number of hydrogen-bond acceptors (Lipinski definition) is 2. The molecule has 1 aromatic rings. The zero-order valence-electron chi connectivity index (χ0n) is 12.1. The summed E-state index contributed by atoms with van der Waals surface area (Å²) in [5, 5.41) is 3.52. The molecule has 0 aliphatic carbocycles. The van der Waals surface area contributed by atoms with Crippen LogP contribution in [0, 0.1) is 11.7 Å². The second-order valence-corrected chi connectivity index (χ2v) is 5.65. The van der Waals surface area contributed by atoms with Crippen LogP contribution in [0.15, 0.2) is 18.2 Å². The Morgan fingerprint density at radius 1 is 1.42 bits per heavy atom. The predicted octanol–water partition coefficient (Wildman–Crippen LogP) is 3.54. The molecule has 0 bridgehead atoms. The molecule has 0 amide bonds. The molecule has 0 fully saturated rings. The fourth-order valence-electron chi connectivity index (χ4n) is 2.61. The highest BCUT2D eigenvalue weighted by atomic mass is 19.1. The van der Waals surface area contributed by atoms with Crippen LogP contribution in [0.5, 0.6) is 5.75 Å². The fraction of sp³-hybridized carbons (Fsp3) is 0.625. The SMILES string of the molecule is CCCNC(C)C(C)CC1Cc2cc(F)ccc2O1. The van der Waals surface area contributed by atoms with E-state index in [2.05, 4.69) is 26.1 Å². The standard InChI is InChI=1S/C16H24FNO/c1-4-7-18-12(3)11(2)8-15-10-13-9-14(17)5-6-16(13)19-15/h5-6,9,11-12,15,18H,4,7-8,10H2,1-3H3. The van der Waals surface area contributed by atoms with E-state index in [1.807, 2.05) is 0 Å². The third kappa shape index (κ3) is 3.69. The van der Waals surface area contributed by atoms with Crippen molar-refractivity contribution in [2.24, 2.45) is 5.92 Å². The van der Waals surface area contributed by atoms with Gasteiger partial charge in [0.1, 0.15) is 17.7 Å². The van der Waals surface area contributed by atoms with Crippen molar-refractivity contribution in [2.75, 3.05) is 6.54 Å². The van der Waals surface area contributed by atoms with Gasteiger partial charge in [-0.15, -0.1) is 0 Å². The van der Waals surface area contributed by atoms with Crippen LogP contribution in [0.25, 0.3) is 0 Å². The largest absolute Gasteiger partial charge is 0.490 e. The molecule has 3 heteroatoms. The van der Waals surface area contributed by atoms with Crippen LogP contribution < -0.4 is 10.1 Å². The van der Waals surface area contributed by atoms with E-state index in [-0.39, 0.29) is 11.9 Å². The Bertz CT molecular complexity index is 421. The summed E-state index contributed by atoms with van der Waals surface area (Å²) in [5.74, 6) is 1.23. The fourth-order valence-corrected chi connectivity index (χ4v) is 2.61. The highest BCUT2D eigenvalue weighted by molar-refractivity contribution is 5.37. The van der Waals surface area contributed by atoms with Crippen LogP contribution in [0.1, 0.15) is 39.2 Å². The molecule has 19 heavy (non-hydrogen) atoms. The highest BCUT2D eigenvalue weighted by Gasteiger charge is 2.26. The predicted molar refractivity (Wildman–Crippen MR) is 76.1 cm³/mol. The van der Waals surface area contributed by atoms with Gasteiger partial charge in [0.05, 0.1) is 0 Å². The van der Waals surface area contributed by atoms with Crippen LogP contribution in [0.2, 0.25) is 0 Å². The summed E-state index contributed by atoms with van der Waals surface area (Å²) in [6.45, 7) is 7.71. The van der Waals surface area contributed by atoms with E-state index < -0.39 is 0 Å². The van der Waals surface area contributed by atoms with Crippen molar-refractivity contribution < 1.29 is 9.13 Å². The molecule has 1 aromatic carbocycles. The number of rotatable bonds is 6. The Morgan fingerprint density at radius 3 is 2.95 bits per heavy atom. The van der Waals surface area contributed by atoms with Gasteiger partial charge in [0.15, 0.2) is 0 Å². The molecule has 2 rings (SSSR count). The van der Waals surface area contributed by atoms with Crippen LogP contribution >= 0.6 is 0 Å². The van der Waals surface area contributed by atoms with Crippen LogP contribution in [-0.2, 0) is 6.42 Å². The molecular weight excluding hydrogens is 241 g/mol. The van der Waals surface area contributed by atoms with E-state index in [0.717, 1.165) is 37.1 Å². The maximum absolute atomic E-state index is 13.2. The van der Waals surface area contributed by atoms with E-state index in [1.54, 1.807) is 12.1 Å². The topological polar surface area (TPSA) is 21.3 Å². The first-order chi connectivity index (χ1) is 9.10. The van der Waals surface area contributed by atoms with Gasteiger partial charge < -0.3 is 10.1 Å². The number of hydrogen-bond donors (Lipinski definition) is 1. The lowest BCUT2D eigenvalue weighted by Crippen LogP contribution is -2.35. The molecule has 0 aromatic heterocycles. The van der Waals surface area contributed by atoms with Gasteiger partial charge in [0.2, 0.25) is 0 Å². The number of nitrogens with one attached hydrogen (secondary N) is 1. The van der Waals surface area contributed by atoms with Crippen molar-refractivity contribution in [3.8, 4) is 5.75 Å². The van der Waals surface area contributed by atoms with E-state index in [1.165, 1.54) is 6.07 Å². The molecule has 1 heterocycles. The van der Waals surface area contributed by atoms with Crippen molar-refractivity contribution in [1.82, 2.24) is 5.32 Å². The summed E-state index contributed by atoms with van der Waals surface area (Å²) in [6.07, 6.45) is 3.19. The molecular formula is C16H24FNO. The Balaban J connectivity index is 1.86. The zero-order valence-corrected chi connectivity index (χ0v) is 12.1. The van der Waals surface area contributed by atoms with E-state index in [4.69, 9.17) is 4.74 Å². The van der Waals surface area contributed by atoms with E-state index in [0.29, 0.717) is 12.0 Å². The highest BCUT2D eigenvalue weighted by Crippen LogP contribution is 2.32. The van der Waals surface area contributed by atoms with Crippen molar-refractivity contribution >= 4 is 0 Å². The summed E-state index contributed by atoms with van der Waals surface area (Å²) in [4.78, 5) is 0. The Labute approximate surface area is 115 Å². The number of halogens is 1. The first-order valence-electron chi connectivity index (χ1n) is 7.28. The lowest BCUT2D eigenvalue weighted by Gasteiger charge is -2.23. The Morgan fingerprint density at radius 2 is 2.21 bits per heavy atom. The first-order valence-corrected chi connectivity index (χ1v) is 7.28. The summed E-state index contributed by atoms with van der Waals surface area (Å²) in [7, 11) is 0. The zero-order chi connectivity index (χ0) is 13.8. The van der Waals surface area contributed by atoms with Gasteiger partial charge in [-0.1, -0.05) is 13.8 Å². The summed E-state index contributed by atoms with van der Waals surface area (Å²) < 4.78 is 19.0. The van der Waals surface area contributed by atoms with Crippen LogP contribution in [0.3, 0.4) is 0 Å². The molecule has 0 saturated carbocycles. The Kier molecular flexibility index (Phi) is 4.81. The van der Waals surface area contributed by atoms with Crippen molar-refractivity contribution in [3.05, 3.63) is 29.6 Å². The van der Waals surface area contributed by atoms with E-state index >= 15 is 0 Å². The molecule has 1 aliphatic rings. The molecule has 3 unspecified atom stereocenters. The molecule has 1 aliphatic heterocycles. The number of benzene rings is 1. The average Bonchev–Trinajstić information content (AvgIpc) is 2.77. The quantitative estimate of drug-likeness (QED) is 0.849. The van der Waals surface area contributed by atoms with Gasteiger partial charge in [-0.05, 0) is 50.4 Å². The van der Waals surface area contributed by atoms with Gasteiger partial charge in [-0.3, -0.25) is 0 Å². The molecule has 106 valence electrons. The number of fused-ring (bicyclic) bond motifs is 1. The smallest absolute Gasteiger partial charge is 0.123 e. The monoisotopic (exact) mass is 265 g/mol.